The number of nitrogens with one attached hydrogen (secondary N) is 1. The predicted octanol–water partition coefficient (Wildman–Crippen LogP) is 4.74. The Morgan fingerprint density at radius 1 is 1.00 bits per heavy atom. The van der Waals surface area contributed by atoms with E-state index in [1.807, 2.05) is 49.4 Å². The van der Waals surface area contributed by atoms with Crippen molar-refractivity contribution in [2.45, 2.75) is 19.4 Å². The van der Waals surface area contributed by atoms with Gasteiger partial charge < -0.3 is 20.3 Å². The number of aromatic carboxylic acids is 1. The number of rotatable bonds is 10. The van der Waals surface area contributed by atoms with Crippen molar-refractivity contribution < 1.29 is 19.7 Å². The monoisotopic (exact) mass is 441 g/mol. The summed E-state index contributed by atoms with van der Waals surface area (Å²) < 4.78 is 5.49. The fraction of sp³-hybridized carbons (Fsp3) is 0.240. The van der Waals surface area contributed by atoms with Gasteiger partial charge in [-0.05, 0) is 54.3 Å². The van der Waals surface area contributed by atoms with Gasteiger partial charge in [-0.15, -0.1) is 12.4 Å². The van der Waals surface area contributed by atoms with E-state index >= 15 is 0 Å². The Morgan fingerprint density at radius 2 is 1.68 bits per heavy atom. The van der Waals surface area contributed by atoms with Gasteiger partial charge >= 0.3 is 5.97 Å². The molecule has 31 heavy (non-hydrogen) atoms. The molecule has 0 amide bonds. The van der Waals surface area contributed by atoms with Crippen molar-refractivity contribution in [2.75, 3.05) is 19.7 Å². The quantitative estimate of drug-likeness (QED) is 0.396. The number of aliphatic hydroxyl groups is 1. The maximum atomic E-state index is 11.3. The minimum absolute atomic E-state index is 0. The lowest BCUT2D eigenvalue weighted by atomic mass is 10.0. The maximum Gasteiger partial charge on any atom is 0.339 e. The molecule has 3 N–H and O–H groups in total. The van der Waals surface area contributed by atoms with Gasteiger partial charge in [-0.1, -0.05) is 60.7 Å². The minimum atomic E-state index is -0.995. The topological polar surface area (TPSA) is 78.8 Å². The molecule has 3 aromatic rings. The summed E-state index contributed by atoms with van der Waals surface area (Å²) in [5, 5.41) is 22.8. The van der Waals surface area contributed by atoms with Crippen molar-refractivity contribution >= 4 is 18.4 Å². The van der Waals surface area contributed by atoms with Crippen molar-refractivity contribution in [1.82, 2.24) is 5.32 Å². The van der Waals surface area contributed by atoms with E-state index in [-0.39, 0.29) is 18.0 Å². The van der Waals surface area contributed by atoms with E-state index < -0.39 is 12.1 Å². The van der Waals surface area contributed by atoms with Crippen LogP contribution in [-0.4, -0.2) is 35.9 Å². The first-order valence-corrected chi connectivity index (χ1v) is 10.1. The number of hydrogen-bond donors (Lipinski definition) is 3. The molecule has 0 aliphatic heterocycles. The third-order valence-corrected chi connectivity index (χ3v) is 4.91. The standard InChI is InChI=1S/C25H27NO4.ClH/c1-2-30-24-16-21(12-13-22(24)25(28)29)19-10-8-18(9-11-19)14-15-26-17-23(27)20-6-4-3-5-7-20;/h3-13,16,23,26-27H,2,14-15,17H2,1H3,(H,28,29);1H/t23-;/m0./s1. The highest BCUT2D eigenvalue weighted by Crippen LogP contribution is 2.28. The Hall–Kier alpha value is -2.86. The van der Waals surface area contributed by atoms with Gasteiger partial charge in [-0.25, -0.2) is 4.79 Å². The van der Waals surface area contributed by atoms with Gasteiger partial charge in [0.2, 0.25) is 0 Å². The van der Waals surface area contributed by atoms with Crippen LogP contribution >= 0.6 is 12.4 Å². The summed E-state index contributed by atoms with van der Waals surface area (Å²) in [6, 6.07) is 23.0. The Bertz CT molecular complexity index is 961. The van der Waals surface area contributed by atoms with Crippen LogP contribution in [0, 0.1) is 0 Å². The number of halogens is 1. The van der Waals surface area contributed by atoms with Crippen molar-refractivity contribution in [3.63, 3.8) is 0 Å². The number of aliphatic hydroxyl groups excluding tert-OH is 1. The average molecular weight is 442 g/mol. The number of hydrogen-bond acceptors (Lipinski definition) is 4. The Balaban J connectivity index is 0.00000341. The van der Waals surface area contributed by atoms with Crippen molar-refractivity contribution in [3.05, 3.63) is 89.5 Å². The average Bonchev–Trinajstić information content (AvgIpc) is 2.77. The van der Waals surface area contributed by atoms with Crippen molar-refractivity contribution in [1.29, 1.82) is 0 Å². The summed E-state index contributed by atoms with van der Waals surface area (Å²) in [5.41, 5.74) is 4.19. The van der Waals surface area contributed by atoms with Crippen molar-refractivity contribution in [3.8, 4) is 16.9 Å². The molecule has 1 atom stereocenters. The van der Waals surface area contributed by atoms with E-state index in [0.717, 1.165) is 29.7 Å². The molecule has 0 bridgehead atoms. The van der Waals surface area contributed by atoms with Gasteiger partial charge in [0, 0.05) is 6.54 Å². The number of carbonyl (C=O) groups is 1. The maximum absolute atomic E-state index is 11.3. The normalized spacial score (nSPS) is 11.4. The fourth-order valence-corrected chi connectivity index (χ4v) is 3.28. The molecule has 0 aromatic heterocycles. The second-order valence-electron chi connectivity index (χ2n) is 7.03. The lowest BCUT2D eigenvalue weighted by molar-refractivity contribution is 0.0692. The van der Waals surface area contributed by atoms with Crippen LogP contribution in [-0.2, 0) is 6.42 Å². The van der Waals surface area contributed by atoms with Crippen LogP contribution in [0.25, 0.3) is 11.1 Å². The summed E-state index contributed by atoms with van der Waals surface area (Å²) in [6.45, 7) is 3.53. The number of benzene rings is 3. The molecular formula is C25H28ClNO4. The summed E-state index contributed by atoms with van der Waals surface area (Å²) in [5.74, 6) is -0.613. The third-order valence-electron chi connectivity index (χ3n) is 4.91. The SMILES string of the molecule is CCOc1cc(-c2ccc(CCNC[C@H](O)c3ccccc3)cc2)ccc1C(=O)O.Cl. The van der Waals surface area contributed by atoms with Gasteiger partial charge in [-0.3, -0.25) is 0 Å². The molecule has 0 aliphatic rings. The van der Waals surface area contributed by atoms with Crippen LogP contribution in [0.1, 0.15) is 34.5 Å². The Kier molecular flexibility index (Phi) is 9.53. The van der Waals surface area contributed by atoms with Gasteiger partial charge in [-0.2, -0.15) is 0 Å². The first-order valence-electron chi connectivity index (χ1n) is 10.1. The van der Waals surface area contributed by atoms with Crippen LogP contribution in [0.15, 0.2) is 72.8 Å². The molecule has 0 spiro atoms. The fourth-order valence-electron chi connectivity index (χ4n) is 3.28. The summed E-state index contributed by atoms with van der Waals surface area (Å²) in [6.07, 6.45) is 0.339. The molecule has 0 saturated heterocycles. The Labute approximate surface area is 189 Å². The second-order valence-corrected chi connectivity index (χ2v) is 7.03. The van der Waals surface area contributed by atoms with Crippen molar-refractivity contribution in [2.24, 2.45) is 0 Å². The van der Waals surface area contributed by atoms with Crippen LogP contribution in [0.4, 0.5) is 0 Å². The van der Waals surface area contributed by atoms with Gasteiger partial charge in [0.05, 0.1) is 12.7 Å². The highest BCUT2D eigenvalue weighted by Gasteiger charge is 2.12. The summed E-state index contributed by atoms with van der Waals surface area (Å²) in [4.78, 5) is 11.3. The molecule has 0 radical (unpaired) electrons. The molecular weight excluding hydrogens is 414 g/mol. The molecule has 0 heterocycles. The molecule has 0 saturated carbocycles. The van der Waals surface area contributed by atoms with E-state index in [2.05, 4.69) is 17.4 Å². The number of carboxylic acids is 1. The lowest BCUT2D eigenvalue weighted by Crippen LogP contribution is -2.23. The smallest absolute Gasteiger partial charge is 0.339 e. The van der Waals surface area contributed by atoms with Crippen LogP contribution in [0.3, 0.4) is 0 Å². The molecule has 0 fully saturated rings. The zero-order valence-corrected chi connectivity index (χ0v) is 18.3. The summed E-state index contributed by atoms with van der Waals surface area (Å²) in [7, 11) is 0. The Morgan fingerprint density at radius 3 is 2.32 bits per heavy atom. The third kappa shape index (κ3) is 6.82. The largest absolute Gasteiger partial charge is 0.493 e. The molecule has 3 aromatic carbocycles. The van der Waals surface area contributed by atoms with Crippen LogP contribution in [0.2, 0.25) is 0 Å². The molecule has 0 unspecified atom stereocenters. The van der Waals surface area contributed by atoms with Crippen LogP contribution in [0.5, 0.6) is 5.75 Å². The van der Waals surface area contributed by atoms with E-state index in [0.29, 0.717) is 18.9 Å². The highest BCUT2D eigenvalue weighted by molar-refractivity contribution is 5.92. The number of ether oxygens (including phenoxy) is 1. The predicted molar refractivity (Wildman–Crippen MR) is 125 cm³/mol. The first kappa shape index (κ1) is 24.4. The van der Waals surface area contributed by atoms with E-state index in [1.54, 1.807) is 18.2 Å². The van der Waals surface area contributed by atoms with Gasteiger partial charge in [0.15, 0.2) is 0 Å². The number of carboxylic acid groups (broad SMARTS) is 1. The van der Waals surface area contributed by atoms with E-state index in [1.165, 1.54) is 5.56 Å². The lowest BCUT2D eigenvalue weighted by Gasteiger charge is -2.12. The first-order chi connectivity index (χ1) is 14.6. The molecule has 6 heteroatoms. The minimum Gasteiger partial charge on any atom is -0.493 e. The van der Waals surface area contributed by atoms with Gasteiger partial charge in [0.1, 0.15) is 11.3 Å². The highest BCUT2D eigenvalue weighted by atomic mass is 35.5. The summed E-state index contributed by atoms with van der Waals surface area (Å²) >= 11 is 0. The zero-order valence-electron chi connectivity index (χ0n) is 17.5. The molecule has 0 aliphatic carbocycles. The zero-order chi connectivity index (χ0) is 21.3. The van der Waals surface area contributed by atoms with Crippen LogP contribution < -0.4 is 10.1 Å². The molecule has 164 valence electrons. The molecule has 3 rings (SSSR count). The van der Waals surface area contributed by atoms with E-state index in [4.69, 9.17) is 4.74 Å². The van der Waals surface area contributed by atoms with E-state index in [9.17, 15) is 15.0 Å². The second kappa shape index (κ2) is 12.1. The van der Waals surface area contributed by atoms with Gasteiger partial charge in [0.25, 0.3) is 0 Å². The molecule has 5 nitrogen and oxygen atoms in total.